The van der Waals surface area contributed by atoms with Crippen LogP contribution in [-0.2, 0) is 11.4 Å². The Bertz CT molecular complexity index is 465. The van der Waals surface area contributed by atoms with E-state index in [0.717, 1.165) is 38.9 Å². The number of hydrogen-bond acceptors (Lipinski definition) is 7. The molecule has 11 heteroatoms. The molecule has 0 rings (SSSR count). The van der Waals surface area contributed by atoms with Gasteiger partial charge in [-0.2, -0.15) is 0 Å². The second-order valence-corrected chi connectivity index (χ2v) is 7.54. The van der Waals surface area contributed by atoms with Gasteiger partial charge in [-0.25, -0.2) is 4.39 Å². The largest absolute Gasteiger partial charge is 0.586 e. The Balaban J connectivity index is 4.39. The Morgan fingerprint density at radius 2 is 1.96 bits per heavy atom. The van der Waals surface area contributed by atoms with Gasteiger partial charge in [0.2, 0.25) is 5.17 Å². The van der Waals surface area contributed by atoms with Crippen LogP contribution < -0.4 is 27.2 Å². The molecule has 25 heavy (non-hydrogen) atoms. The van der Waals surface area contributed by atoms with E-state index < -0.39 is 17.2 Å². The van der Waals surface area contributed by atoms with Crippen molar-refractivity contribution in [1.82, 2.24) is 10.6 Å². The van der Waals surface area contributed by atoms with Crippen LogP contribution in [0.5, 0.6) is 0 Å². The fraction of sp³-hybridized carbons (Fsp3) is 0.643. The Morgan fingerprint density at radius 3 is 2.56 bits per heavy atom. The molecule has 0 aromatic heterocycles. The first-order chi connectivity index (χ1) is 12.0. The summed E-state index contributed by atoms with van der Waals surface area (Å²) in [6, 6.07) is 0. The van der Waals surface area contributed by atoms with Crippen molar-refractivity contribution in [2.75, 3.05) is 31.5 Å². The highest BCUT2D eigenvalue weighted by Crippen LogP contribution is 2.18. The van der Waals surface area contributed by atoms with E-state index in [9.17, 15) is 8.94 Å². The van der Waals surface area contributed by atoms with E-state index in [1.807, 2.05) is 0 Å². The topological polar surface area (TPSA) is 138 Å². The van der Waals surface area contributed by atoms with E-state index >= 15 is 0 Å². The van der Waals surface area contributed by atoms with E-state index in [2.05, 4.69) is 31.0 Å². The van der Waals surface area contributed by atoms with Crippen molar-refractivity contribution < 1.29 is 8.94 Å². The van der Waals surface area contributed by atoms with Crippen LogP contribution in [0.1, 0.15) is 26.2 Å². The summed E-state index contributed by atoms with van der Waals surface area (Å²) in [5.41, 5.74) is 11.5. The molecule has 8 N–H and O–H groups in total. The lowest BCUT2D eigenvalue weighted by Gasteiger charge is -2.09. The number of unbranched alkanes of at least 4 members (excludes halogenated alkanes) is 1. The van der Waals surface area contributed by atoms with Gasteiger partial charge in [0.1, 0.15) is 11.4 Å². The van der Waals surface area contributed by atoms with Crippen LogP contribution in [-0.4, -0.2) is 41.2 Å². The number of nitrogens with zero attached hydrogens (tertiary/aromatic N) is 1. The Hall–Kier alpha value is -0.300. The number of alkyl halides is 1. The molecule has 0 aliphatic rings. The quantitative estimate of drug-likeness (QED) is 0.0533. The first-order valence-corrected chi connectivity index (χ1v) is 11.0. The van der Waals surface area contributed by atoms with Gasteiger partial charge in [0, 0.05) is 24.5 Å². The highest BCUT2D eigenvalue weighted by Gasteiger charge is 2.16. The average Bonchev–Trinajstić information content (AvgIpc) is 2.61. The zero-order valence-electron chi connectivity index (χ0n) is 14.4. The van der Waals surface area contributed by atoms with Crippen molar-refractivity contribution in [1.29, 1.82) is 0 Å². The average molecular weight is 459 g/mol. The van der Waals surface area contributed by atoms with E-state index in [0.29, 0.717) is 29.5 Å². The molecule has 1 atom stereocenters. The fourth-order valence-electron chi connectivity index (χ4n) is 1.62. The summed E-state index contributed by atoms with van der Waals surface area (Å²) in [7, 11) is 0. The van der Waals surface area contributed by atoms with Crippen molar-refractivity contribution in [2.24, 2.45) is 21.0 Å². The molecule has 146 valence electrons. The van der Waals surface area contributed by atoms with Crippen molar-refractivity contribution in [3.05, 3.63) is 22.5 Å². The molecule has 0 fully saturated rings. The molecule has 0 spiro atoms. The van der Waals surface area contributed by atoms with Crippen LogP contribution in [0, 0.1) is 0 Å². The van der Waals surface area contributed by atoms with Crippen LogP contribution in [0.2, 0.25) is 0 Å². The molecule has 0 aromatic rings. The predicted molar refractivity (Wildman–Crippen MR) is 111 cm³/mol. The second-order valence-electron chi connectivity index (χ2n) is 5.03. The predicted octanol–water partition coefficient (Wildman–Crippen LogP) is 1.36. The van der Waals surface area contributed by atoms with Crippen LogP contribution >= 0.6 is 27.9 Å². The third-order valence-electron chi connectivity index (χ3n) is 3.03. The number of hydrogen-bond donors (Lipinski definition) is 5. The van der Waals surface area contributed by atoms with Gasteiger partial charge in [-0.05, 0) is 61.3 Å². The summed E-state index contributed by atoms with van der Waals surface area (Å²) in [5, 5.41) is 12.0. The van der Waals surface area contributed by atoms with E-state index in [1.165, 1.54) is 13.0 Å². The molecule has 0 heterocycles. The van der Waals surface area contributed by atoms with Gasteiger partial charge in [-0.15, -0.1) is 0 Å². The minimum absolute atomic E-state index is 0.0126. The maximum absolute atomic E-state index is 14.2. The number of nitrogens with one attached hydrogen (secondary N) is 2. The molecule has 0 saturated carbocycles. The maximum atomic E-state index is 14.2. The molecule has 0 amide bonds. The van der Waals surface area contributed by atoms with Gasteiger partial charge < -0.3 is 26.7 Å². The first-order valence-electron chi connectivity index (χ1n) is 7.86. The molecular formula is C14H28BrFN6OS2. The normalized spacial score (nSPS) is 15.1. The van der Waals surface area contributed by atoms with E-state index in [1.54, 1.807) is 0 Å². The standard InChI is InChI=1S/C14H28BrFN6OS2/c1-11(25(23)22-14(18)24-19)13(16)9-12(10-15)21-8-3-2-6-20-7-4-5-17/h9,20-21H,2-8,10,17,19H2,1H3,(H2,18,22)/b12-9+,13-11-. The number of amidine groups is 1. The molecule has 0 saturated heterocycles. The summed E-state index contributed by atoms with van der Waals surface area (Å²) < 4.78 is 29.6. The second kappa shape index (κ2) is 15.9. The van der Waals surface area contributed by atoms with Crippen LogP contribution in [0.4, 0.5) is 4.39 Å². The van der Waals surface area contributed by atoms with E-state index in [-0.39, 0.29) is 10.1 Å². The third-order valence-corrected chi connectivity index (χ3v) is 5.16. The first kappa shape index (κ1) is 24.7. The van der Waals surface area contributed by atoms with Crippen molar-refractivity contribution in [3.8, 4) is 0 Å². The van der Waals surface area contributed by atoms with Crippen LogP contribution in [0.3, 0.4) is 0 Å². The molecule has 0 bridgehead atoms. The smallest absolute Gasteiger partial charge is 0.224 e. The van der Waals surface area contributed by atoms with Gasteiger partial charge in [0.05, 0.1) is 0 Å². The number of allylic oxidation sites excluding steroid dienone is 4. The van der Waals surface area contributed by atoms with Crippen LogP contribution in [0.15, 0.2) is 26.9 Å². The number of nitrogens with two attached hydrogens (primary N) is 3. The molecule has 0 aliphatic carbocycles. The summed E-state index contributed by atoms with van der Waals surface area (Å²) in [5.74, 6) is -0.609. The van der Waals surface area contributed by atoms with Gasteiger partial charge >= 0.3 is 0 Å². The molecule has 1 unspecified atom stereocenters. The zero-order chi connectivity index (χ0) is 19.1. The third kappa shape index (κ3) is 12.7. The fourth-order valence-corrected chi connectivity index (χ4v) is 2.88. The molecule has 0 radical (unpaired) electrons. The van der Waals surface area contributed by atoms with Crippen molar-refractivity contribution in [3.63, 3.8) is 0 Å². The highest BCUT2D eigenvalue weighted by atomic mass is 79.9. The minimum atomic E-state index is -1.89. The lowest BCUT2D eigenvalue weighted by molar-refractivity contribution is 0.592. The molecule has 0 aliphatic heterocycles. The summed E-state index contributed by atoms with van der Waals surface area (Å²) in [6.07, 6.45) is 4.24. The van der Waals surface area contributed by atoms with Crippen molar-refractivity contribution in [2.45, 2.75) is 26.2 Å². The Labute approximate surface area is 165 Å². The monoisotopic (exact) mass is 458 g/mol. The molecule has 0 aromatic carbocycles. The van der Waals surface area contributed by atoms with E-state index in [4.69, 9.17) is 16.6 Å². The molecular weight excluding hydrogens is 431 g/mol. The number of rotatable bonds is 13. The minimum Gasteiger partial charge on any atom is -0.586 e. The van der Waals surface area contributed by atoms with Gasteiger partial charge in [0.25, 0.3) is 0 Å². The Morgan fingerprint density at radius 1 is 1.32 bits per heavy atom. The van der Waals surface area contributed by atoms with Gasteiger partial charge in [0.15, 0.2) is 10.7 Å². The number of halogens is 2. The Kier molecular flexibility index (Phi) is 15.7. The van der Waals surface area contributed by atoms with Gasteiger partial charge in [-0.3, -0.25) is 5.14 Å². The van der Waals surface area contributed by atoms with Crippen LogP contribution in [0.25, 0.3) is 0 Å². The summed E-state index contributed by atoms with van der Waals surface area (Å²) in [6.45, 7) is 4.68. The zero-order valence-corrected chi connectivity index (χ0v) is 17.6. The van der Waals surface area contributed by atoms with Gasteiger partial charge in [-0.1, -0.05) is 15.9 Å². The maximum Gasteiger partial charge on any atom is 0.224 e. The lowest BCUT2D eigenvalue weighted by Crippen LogP contribution is -2.21. The summed E-state index contributed by atoms with van der Waals surface area (Å²) >= 11 is 2.08. The molecule has 7 nitrogen and oxygen atoms in total. The highest BCUT2D eigenvalue weighted by molar-refractivity contribution is 9.09. The summed E-state index contributed by atoms with van der Waals surface area (Å²) in [4.78, 5) is -0.0126. The lowest BCUT2D eigenvalue weighted by atomic mass is 10.3. The SMILES string of the molecule is C/C(=C(F)\C=C(/CBr)NCCCCNCCCN)[S+]([O-])N=C(N)SN. The van der Waals surface area contributed by atoms with Crippen molar-refractivity contribution >= 4 is 44.4 Å².